The average molecular weight is 280 g/mol. The van der Waals surface area contributed by atoms with Crippen molar-refractivity contribution in [3.63, 3.8) is 0 Å². The molecule has 0 fully saturated rings. The number of ether oxygens (including phenoxy) is 1. The number of nitrogens with zero attached hydrogens (tertiary/aromatic N) is 4. The maximum absolute atomic E-state index is 12.3. The summed E-state index contributed by atoms with van der Waals surface area (Å²) in [6.07, 6.45) is 5.01. The van der Waals surface area contributed by atoms with Crippen LogP contribution in [0.3, 0.4) is 0 Å². The molecule has 0 amide bonds. The third-order valence-corrected chi connectivity index (χ3v) is 3.28. The van der Waals surface area contributed by atoms with Crippen molar-refractivity contribution in [2.45, 2.75) is 6.54 Å². The number of fused-ring (bicyclic) bond motifs is 1. The fraction of sp³-hybridized carbons (Fsp3) is 0.133. The van der Waals surface area contributed by atoms with E-state index < -0.39 is 0 Å². The Bertz CT molecular complexity index is 902. The van der Waals surface area contributed by atoms with Crippen LogP contribution in [0.25, 0.3) is 5.52 Å². The predicted octanol–water partition coefficient (Wildman–Crippen LogP) is 1.42. The van der Waals surface area contributed by atoms with Crippen LogP contribution in [-0.2, 0) is 6.54 Å². The first-order valence-corrected chi connectivity index (χ1v) is 6.33. The third-order valence-electron chi connectivity index (χ3n) is 3.28. The van der Waals surface area contributed by atoms with E-state index in [4.69, 9.17) is 10.00 Å². The van der Waals surface area contributed by atoms with Crippen LogP contribution in [-0.4, -0.2) is 21.3 Å². The quantitative estimate of drug-likeness (QED) is 0.727. The van der Waals surface area contributed by atoms with Crippen LogP contribution in [0.5, 0.6) is 5.75 Å². The van der Waals surface area contributed by atoms with Gasteiger partial charge >= 0.3 is 0 Å². The number of benzene rings is 1. The smallest absolute Gasteiger partial charge is 0.276 e. The highest BCUT2D eigenvalue weighted by Gasteiger charge is 2.07. The van der Waals surface area contributed by atoms with Crippen molar-refractivity contribution in [2.24, 2.45) is 0 Å². The van der Waals surface area contributed by atoms with Crippen molar-refractivity contribution in [1.29, 1.82) is 5.26 Å². The molecule has 1 aromatic carbocycles. The molecule has 104 valence electrons. The van der Waals surface area contributed by atoms with Gasteiger partial charge in [0, 0.05) is 12.4 Å². The second-order valence-corrected chi connectivity index (χ2v) is 4.54. The highest BCUT2D eigenvalue weighted by molar-refractivity contribution is 5.46. The van der Waals surface area contributed by atoms with Gasteiger partial charge in [0.2, 0.25) is 0 Å². The summed E-state index contributed by atoms with van der Waals surface area (Å²) in [4.78, 5) is 12.3. The van der Waals surface area contributed by atoms with Gasteiger partial charge in [0.05, 0.1) is 25.4 Å². The summed E-state index contributed by atoms with van der Waals surface area (Å²) < 4.78 is 8.31. The van der Waals surface area contributed by atoms with Crippen LogP contribution in [0.4, 0.5) is 0 Å². The van der Waals surface area contributed by atoms with Crippen LogP contribution in [0.2, 0.25) is 0 Å². The molecule has 0 bridgehead atoms. The molecule has 3 rings (SSSR count). The Morgan fingerprint density at radius 2 is 2.19 bits per heavy atom. The van der Waals surface area contributed by atoms with Crippen LogP contribution in [0, 0.1) is 11.3 Å². The lowest BCUT2D eigenvalue weighted by Crippen LogP contribution is -2.21. The van der Waals surface area contributed by atoms with Gasteiger partial charge in [-0.15, -0.1) is 0 Å². The van der Waals surface area contributed by atoms with E-state index in [1.165, 1.54) is 11.6 Å². The van der Waals surface area contributed by atoms with Crippen molar-refractivity contribution in [2.75, 3.05) is 7.11 Å². The number of hydrogen-bond acceptors (Lipinski definition) is 4. The summed E-state index contributed by atoms with van der Waals surface area (Å²) in [5.41, 5.74) is 1.77. The standard InChI is InChI=1S/C15H12N4O2/c1-21-14-8-11(2-3-12(14)9-16)10-18-6-7-19-13(15(18)20)4-5-17-19/h2-8H,10H2,1H3. The molecule has 0 saturated carbocycles. The number of hydrogen-bond donors (Lipinski definition) is 0. The fourth-order valence-corrected chi connectivity index (χ4v) is 2.21. The maximum atomic E-state index is 12.3. The molecule has 0 N–H and O–H groups in total. The van der Waals surface area contributed by atoms with Crippen LogP contribution < -0.4 is 10.3 Å². The average Bonchev–Trinajstić information content (AvgIpc) is 2.99. The summed E-state index contributed by atoms with van der Waals surface area (Å²) in [7, 11) is 1.52. The van der Waals surface area contributed by atoms with Crippen molar-refractivity contribution < 1.29 is 4.74 Å². The number of aromatic nitrogens is 3. The van der Waals surface area contributed by atoms with Crippen molar-refractivity contribution in [1.82, 2.24) is 14.2 Å². The zero-order valence-electron chi connectivity index (χ0n) is 11.4. The molecule has 21 heavy (non-hydrogen) atoms. The van der Waals surface area contributed by atoms with E-state index in [1.807, 2.05) is 6.07 Å². The molecule has 0 unspecified atom stereocenters. The molecule has 0 spiro atoms. The second-order valence-electron chi connectivity index (χ2n) is 4.54. The summed E-state index contributed by atoms with van der Waals surface area (Å²) in [6, 6.07) is 9.02. The first-order valence-electron chi connectivity index (χ1n) is 6.33. The zero-order valence-corrected chi connectivity index (χ0v) is 11.4. The van der Waals surface area contributed by atoms with E-state index in [0.29, 0.717) is 23.4 Å². The summed E-state index contributed by atoms with van der Waals surface area (Å²) in [5.74, 6) is 0.508. The Morgan fingerprint density at radius 3 is 2.95 bits per heavy atom. The summed E-state index contributed by atoms with van der Waals surface area (Å²) in [5, 5.41) is 13.0. The molecule has 0 saturated heterocycles. The topological polar surface area (TPSA) is 72.3 Å². The highest BCUT2D eigenvalue weighted by Crippen LogP contribution is 2.19. The van der Waals surface area contributed by atoms with Crippen molar-refractivity contribution >= 4 is 5.52 Å². The number of nitriles is 1. The minimum absolute atomic E-state index is 0.113. The Balaban J connectivity index is 2.01. The van der Waals surface area contributed by atoms with Gasteiger partial charge in [-0.2, -0.15) is 10.4 Å². The van der Waals surface area contributed by atoms with Gasteiger partial charge in [0.15, 0.2) is 0 Å². The predicted molar refractivity (Wildman–Crippen MR) is 76.3 cm³/mol. The Morgan fingerprint density at radius 1 is 1.33 bits per heavy atom. The van der Waals surface area contributed by atoms with E-state index in [9.17, 15) is 4.79 Å². The van der Waals surface area contributed by atoms with Gasteiger partial charge in [0.25, 0.3) is 5.56 Å². The normalized spacial score (nSPS) is 10.5. The van der Waals surface area contributed by atoms with Gasteiger partial charge in [0.1, 0.15) is 17.3 Å². The van der Waals surface area contributed by atoms with E-state index in [1.54, 1.807) is 41.4 Å². The minimum atomic E-state index is -0.113. The molecule has 0 aliphatic carbocycles. The molecule has 0 aliphatic rings. The summed E-state index contributed by atoms with van der Waals surface area (Å²) in [6.45, 7) is 0.405. The lowest BCUT2D eigenvalue weighted by molar-refractivity contribution is 0.413. The Kier molecular flexibility index (Phi) is 3.16. The van der Waals surface area contributed by atoms with E-state index in [0.717, 1.165) is 5.56 Å². The molecule has 0 aliphatic heterocycles. The van der Waals surface area contributed by atoms with E-state index in [-0.39, 0.29) is 5.56 Å². The molecule has 0 radical (unpaired) electrons. The van der Waals surface area contributed by atoms with Crippen molar-refractivity contribution in [3.8, 4) is 11.8 Å². The van der Waals surface area contributed by atoms with Gasteiger partial charge in [-0.05, 0) is 23.8 Å². The molecule has 2 heterocycles. The number of rotatable bonds is 3. The van der Waals surface area contributed by atoms with Crippen molar-refractivity contribution in [3.05, 3.63) is 64.3 Å². The van der Waals surface area contributed by atoms with Crippen LogP contribution in [0.15, 0.2) is 47.7 Å². The SMILES string of the molecule is COc1cc(Cn2ccn3nccc3c2=O)ccc1C#N. The molecule has 2 aromatic heterocycles. The third kappa shape index (κ3) is 2.25. The van der Waals surface area contributed by atoms with E-state index >= 15 is 0 Å². The van der Waals surface area contributed by atoms with Gasteiger partial charge < -0.3 is 9.30 Å². The first-order chi connectivity index (χ1) is 10.2. The number of methoxy groups -OCH3 is 1. The minimum Gasteiger partial charge on any atom is -0.495 e. The second kappa shape index (κ2) is 5.13. The van der Waals surface area contributed by atoms with E-state index in [2.05, 4.69) is 11.2 Å². The van der Waals surface area contributed by atoms with Gasteiger partial charge in [-0.25, -0.2) is 4.52 Å². The Hall–Kier alpha value is -3.07. The first kappa shape index (κ1) is 12.9. The molecular formula is C15H12N4O2. The molecule has 6 nitrogen and oxygen atoms in total. The van der Waals surface area contributed by atoms with Gasteiger partial charge in [-0.3, -0.25) is 4.79 Å². The van der Waals surface area contributed by atoms with Crippen LogP contribution >= 0.6 is 0 Å². The maximum Gasteiger partial charge on any atom is 0.276 e. The van der Waals surface area contributed by atoms with Gasteiger partial charge in [-0.1, -0.05) is 6.07 Å². The molecular weight excluding hydrogens is 268 g/mol. The molecule has 3 aromatic rings. The summed E-state index contributed by atoms with van der Waals surface area (Å²) >= 11 is 0. The monoisotopic (exact) mass is 280 g/mol. The fourth-order valence-electron chi connectivity index (χ4n) is 2.21. The Labute approximate surface area is 120 Å². The zero-order chi connectivity index (χ0) is 14.8. The molecule has 6 heteroatoms. The largest absolute Gasteiger partial charge is 0.495 e. The van der Waals surface area contributed by atoms with Crippen LogP contribution in [0.1, 0.15) is 11.1 Å². The highest BCUT2D eigenvalue weighted by atomic mass is 16.5. The molecule has 0 atom stereocenters. The lowest BCUT2D eigenvalue weighted by atomic mass is 10.1. The lowest BCUT2D eigenvalue weighted by Gasteiger charge is -2.09.